The van der Waals surface area contributed by atoms with Crippen LogP contribution in [0.2, 0.25) is 0 Å². The lowest BCUT2D eigenvalue weighted by Crippen LogP contribution is -2.53. The van der Waals surface area contributed by atoms with E-state index < -0.39 is 17.4 Å². The van der Waals surface area contributed by atoms with Crippen molar-refractivity contribution in [3.8, 4) is 17.6 Å². The Kier molecular flexibility index (Phi) is 5.46. The van der Waals surface area contributed by atoms with E-state index in [4.69, 9.17) is 9.47 Å². The molecule has 138 valence electrons. The number of nitrogens with one attached hydrogen (secondary N) is 1. The number of hydrogen-bond acceptors (Lipinski definition) is 4. The van der Waals surface area contributed by atoms with E-state index >= 15 is 0 Å². The van der Waals surface area contributed by atoms with Gasteiger partial charge in [0.15, 0.2) is 5.54 Å². The molecular weight excluding hydrogens is 342 g/mol. The second-order valence-corrected chi connectivity index (χ2v) is 6.36. The van der Waals surface area contributed by atoms with E-state index in [0.717, 1.165) is 11.1 Å². The van der Waals surface area contributed by atoms with E-state index in [9.17, 15) is 9.59 Å². The van der Waals surface area contributed by atoms with Gasteiger partial charge in [0.05, 0.1) is 20.1 Å². The highest BCUT2D eigenvalue weighted by atomic mass is 16.5. The summed E-state index contributed by atoms with van der Waals surface area (Å²) >= 11 is 0. The van der Waals surface area contributed by atoms with Crippen molar-refractivity contribution in [3.05, 3.63) is 65.7 Å². The highest BCUT2D eigenvalue weighted by molar-refractivity contribution is 5.93. The monoisotopic (exact) mass is 363 g/mol. The molecule has 1 saturated heterocycles. The van der Waals surface area contributed by atoms with Gasteiger partial charge in [-0.05, 0) is 36.2 Å². The van der Waals surface area contributed by atoms with E-state index in [1.54, 1.807) is 7.11 Å². The van der Waals surface area contributed by atoms with Crippen LogP contribution in [-0.4, -0.2) is 31.6 Å². The standard InChI is InChI=1S/C22H21NO4/c1-26-18-10-6-9-17(15-18)19(12-11-16-7-4-3-5-8-16)22(21(25)27-2)14-13-20(24)23-22/h3-10,15,19H,13-14H2,1-2H3,(H,23,24)/t19-,22+/m1/s1. The molecule has 2 aromatic rings. The number of carbonyl (C=O) groups excluding carboxylic acids is 2. The molecule has 2 atom stereocenters. The molecule has 0 bridgehead atoms. The number of ether oxygens (including phenoxy) is 2. The van der Waals surface area contributed by atoms with Crippen LogP contribution in [0.4, 0.5) is 0 Å². The number of hydrogen-bond donors (Lipinski definition) is 1. The zero-order valence-electron chi connectivity index (χ0n) is 15.3. The van der Waals surface area contributed by atoms with Crippen LogP contribution in [0, 0.1) is 11.8 Å². The van der Waals surface area contributed by atoms with Gasteiger partial charge < -0.3 is 14.8 Å². The number of rotatable bonds is 4. The first kappa shape index (κ1) is 18.5. The SMILES string of the molecule is COC(=O)[C@@]1([C@H](C#Cc2ccccc2)c2cccc(OC)c2)CCC(=O)N1. The molecule has 0 radical (unpaired) electrons. The Morgan fingerprint density at radius 1 is 1.15 bits per heavy atom. The van der Waals surface area contributed by atoms with Crippen LogP contribution in [0.1, 0.15) is 29.9 Å². The molecule has 1 aliphatic rings. The summed E-state index contributed by atoms with van der Waals surface area (Å²) in [4.78, 5) is 24.7. The average Bonchev–Trinajstić information content (AvgIpc) is 3.11. The van der Waals surface area contributed by atoms with Crippen molar-refractivity contribution < 1.29 is 19.1 Å². The molecule has 1 heterocycles. The van der Waals surface area contributed by atoms with Crippen molar-refractivity contribution >= 4 is 11.9 Å². The lowest BCUT2D eigenvalue weighted by Gasteiger charge is -2.32. The summed E-state index contributed by atoms with van der Waals surface area (Å²) in [5.41, 5.74) is 0.389. The summed E-state index contributed by atoms with van der Waals surface area (Å²) in [5, 5.41) is 2.83. The van der Waals surface area contributed by atoms with Crippen LogP contribution in [0.25, 0.3) is 0 Å². The molecule has 0 unspecified atom stereocenters. The van der Waals surface area contributed by atoms with Crippen LogP contribution in [-0.2, 0) is 14.3 Å². The van der Waals surface area contributed by atoms with Gasteiger partial charge in [0.2, 0.25) is 5.91 Å². The van der Waals surface area contributed by atoms with Crippen LogP contribution >= 0.6 is 0 Å². The van der Waals surface area contributed by atoms with E-state index in [0.29, 0.717) is 12.2 Å². The first-order chi connectivity index (χ1) is 13.1. The normalized spacial score (nSPS) is 19.4. The van der Waals surface area contributed by atoms with Crippen molar-refractivity contribution in [2.24, 2.45) is 0 Å². The number of benzene rings is 2. The Hall–Kier alpha value is -3.26. The predicted octanol–water partition coefficient (Wildman–Crippen LogP) is 2.65. The summed E-state index contributed by atoms with van der Waals surface area (Å²) in [6, 6.07) is 16.9. The summed E-state index contributed by atoms with van der Waals surface area (Å²) in [5.74, 6) is 5.72. The number of carbonyl (C=O) groups is 2. The quantitative estimate of drug-likeness (QED) is 0.670. The predicted molar refractivity (Wildman–Crippen MR) is 101 cm³/mol. The van der Waals surface area contributed by atoms with Gasteiger partial charge >= 0.3 is 5.97 Å². The maximum absolute atomic E-state index is 12.7. The van der Waals surface area contributed by atoms with Gasteiger partial charge in [-0.2, -0.15) is 0 Å². The van der Waals surface area contributed by atoms with Crippen molar-refractivity contribution in [1.29, 1.82) is 0 Å². The fourth-order valence-electron chi connectivity index (χ4n) is 3.34. The molecule has 5 heteroatoms. The minimum absolute atomic E-state index is 0.185. The first-order valence-corrected chi connectivity index (χ1v) is 8.69. The Labute approximate surface area is 158 Å². The van der Waals surface area contributed by atoms with Gasteiger partial charge in [-0.3, -0.25) is 4.79 Å². The highest BCUT2D eigenvalue weighted by Crippen LogP contribution is 2.37. The average molecular weight is 363 g/mol. The summed E-state index contributed by atoms with van der Waals surface area (Å²) < 4.78 is 10.4. The van der Waals surface area contributed by atoms with Gasteiger partial charge in [-0.1, -0.05) is 42.2 Å². The third-order valence-corrected chi connectivity index (χ3v) is 4.71. The van der Waals surface area contributed by atoms with Crippen molar-refractivity contribution in [3.63, 3.8) is 0 Å². The van der Waals surface area contributed by atoms with E-state index in [1.165, 1.54) is 7.11 Å². The van der Waals surface area contributed by atoms with E-state index in [1.807, 2.05) is 54.6 Å². The van der Waals surface area contributed by atoms with Crippen molar-refractivity contribution in [1.82, 2.24) is 5.32 Å². The second kappa shape index (κ2) is 7.96. The van der Waals surface area contributed by atoms with Gasteiger partial charge in [0.25, 0.3) is 0 Å². The van der Waals surface area contributed by atoms with Gasteiger partial charge in [0, 0.05) is 12.0 Å². The maximum Gasteiger partial charge on any atom is 0.333 e. The Bertz CT molecular complexity index is 897. The Morgan fingerprint density at radius 3 is 2.56 bits per heavy atom. The lowest BCUT2D eigenvalue weighted by molar-refractivity contribution is -0.149. The fraction of sp³-hybridized carbons (Fsp3) is 0.273. The van der Waals surface area contributed by atoms with Gasteiger partial charge in [-0.25, -0.2) is 4.79 Å². The molecule has 3 rings (SSSR count). The van der Waals surface area contributed by atoms with Crippen LogP contribution in [0.3, 0.4) is 0 Å². The highest BCUT2D eigenvalue weighted by Gasteiger charge is 2.52. The molecule has 27 heavy (non-hydrogen) atoms. The Balaban J connectivity index is 2.12. The molecule has 0 spiro atoms. The number of methoxy groups -OCH3 is 2. The molecule has 1 amide bonds. The van der Waals surface area contributed by atoms with Crippen LogP contribution in [0.5, 0.6) is 5.75 Å². The molecular formula is C22H21NO4. The molecule has 5 nitrogen and oxygen atoms in total. The molecule has 2 aromatic carbocycles. The van der Waals surface area contributed by atoms with Crippen LogP contribution in [0.15, 0.2) is 54.6 Å². The van der Waals surface area contributed by atoms with Crippen LogP contribution < -0.4 is 10.1 Å². The number of amides is 1. The molecule has 1 N–H and O–H groups in total. The minimum Gasteiger partial charge on any atom is -0.497 e. The second-order valence-electron chi connectivity index (χ2n) is 6.36. The Morgan fingerprint density at radius 2 is 1.93 bits per heavy atom. The van der Waals surface area contributed by atoms with Gasteiger partial charge in [-0.15, -0.1) is 0 Å². The maximum atomic E-state index is 12.7. The van der Waals surface area contributed by atoms with Crippen molar-refractivity contribution in [2.45, 2.75) is 24.3 Å². The summed E-state index contributed by atoms with van der Waals surface area (Å²) in [6.45, 7) is 0. The zero-order valence-corrected chi connectivity index (χ0v) is 15.3. The first-order valence-electron chi connectivity index (χ1n) is 8.69. The third kappa shape index (κ3) is 3.80. The molecule has 0 aliphatic carbocycles. The summed E-state index contributed by atoms with van der Waals surface area (Å²) in [7, 11) is 2.90. The molecule has 1 fully saturated rings. The molecule has 1 aliphatic heterocycles. The minimum atomic E-state index is -1.22. The third-order valence-electron chi connectivity index (χ3n) is 4.71. The smallest absolute Gasteiger partial charge is 0.333 e. The zero-order chi connectivity index (χ0) is 19.3. The van der Waals surface area contributed by atoms with E-state index in [2.05, 4.69) is 17.2 Å². The number of esters is 1. The molecule has 0 aromatic heterocycles. The van der Waals surface area contributed by atoms with Crippen molar-refractivity contribution in [2.75, 3.05) is 14.2 Å². The topological polar surface area (TPSA) is 64.6 Å². The lowest BCUT2D eigenvalue weighted by atomic mass is 9.78. The largest absolute Gasteiger partial charge is 0.497 e. The summed E-state index contributed by atoms with van der Waals surface area (Å²) in [6.07, 6.45) is 0.576. The van der Waals surface area contributed by atoms with E-state index in [-0.39, 0.29) is 12.3 Å². The molecule has 0 saturated carbocycles. The van der Waals surface area contributed by atoms with Gasteiger partial charge in [0.1, 0.15) is 5.75 Å². The fourth-order valence-corrected chi connectivity index (χ4v) is 3.34.